The maximum atomic E-state index is 11.8. The number of carbonyl (C=O) groups is 2. The average Bonchev–Trinajstić information content (AvgIpc) is 2.79. The van der Waals surface area contributed by atoms with Gasteiger partial charge in [0.15, 0.2) is 0 Å². The molecule has 1 heterocycles. The van der Waals surface area contributed by atoms with Gasteiger partial charge in [0.25, 0.3) is 0 Å². The van der Waals surface area contributed by atoms with Crippen LogP contribution < -0.4 is 5.32 Å². The first kappa shape index (κ1) is 15.5. The molecule has 2 N–H and O–H groups in total. The van der Waals surface area contributed by atoms with Gasteiger partial charge >= 0.3 is 5.97 Å². The molecule has 6 heteroatoms. The molecule has 108 valence electrons. The maximum absolute atomic E-state index is 11.8. The molecule has 1 aromatic carbocycles. The molecule has 2 aromatic rings. The quantitative estimate of drug-likeness (QED) is 0.799. The van der Waals surface area contributed by atoms with Crippen LogP contribution in [0.2, 0.25) is 0 Å². The Bertz CT molecular complexity index is 721. The number of nitrogens with one attached hydrogen (secondary N) is 1. The second kappa shape index (κ2) is 6.69. The van der Waals surface area contributed by atoms with Crippen molar-refractivity contribution in [3.05, 3.63) is 56.9 Å². The van der Waals surface area contributed by atoms with Crippen molar-refractivity contribution in [1.29, 1.82) is 0 Å². The molecule has 0 radical (unpaired) electrons. The summed E-state index contributed by atoms with van der Waals surface area (Å²) in [6.45, 7) is 1.70. The summed E-state index contributed by atoms with van der Waals surface area (Å²) < 4.78 is 0.897. The van der Waals surface area contributed by atoms with Crippen molar-refractivity contribution in [1.82, 2.24) is 0 Å². The minimum Gasteiger partial charge on any atom is -0.477 e. The number of benzene rings is 1. The van der Waals surface area contributed by atoms with Crippen LogP contribution in [0.15, 0.2) is 40.9 Å². The number of hydrogen-bond acceptors (Lipinski definition) is 3. The Morgan fingerprint density at radius 2 is 2.05 bits per heavy atom. The molecular weight excluding hydrogens is 354 g/mol. The zero-order valence-electron chi connectivity index (χ0n) is 11.1. The molecule has 0 aliphatic heterocycles. The third-order valence-electron chi connectivity index (χ3n) is 2.68. The van der Waals surface area contributed by atoms with E-state index in [1.165, 1.54) is 6.08 Å². The monoisotopic (exact) mass is 365 g/mol. The molecule has 21 heavy (non-hydrogen) atoms. The molecule has 0 bridgehead atoms. The molecule has 2 rings (SSSR count). The lowest BCUT2D eigenvalue weighted by atomic mass is 10.2. The number of amides is 1. The highest BCUT2D eigenvalue weighted by molar-refractivity contribution is 9.10. The van der Waals surface area contributed by atoms with Crippen molar-refractivity contribution >= 4 is 50.2 Å². The summed E-state index contributed by atoms with van der Waals surface area (Å²) in [4.78, 5) is 23.0. The largest absolute Gasteiger partial charge is 0.477 e. The lowest BCUT2D eigenvalue weighted by molar-refractivity contribution is -0.111. The van der Waals surface area contributed by atoms with Crippen molar-refractivity contribution in [2.45, 2.75) is 6.92 Å². The van der Waals surface area contributed by atoms with Crippen LogP contribution in [-0.2, 0) is 4.79 Å². The lowest BCUT2D eigenvalue weighted by Crippen LogP contribution is -2.06. The number of thiophene rings is 1. The Morgan fingerprint density at radius 3 is 2.67 bits per heavy atom. The Hall–Kier alpha value is -1.92. The van der Waals surface area contributed by atoms with E-state index in [2.05, 4.69) is 21.2 Å². The van der Waals surface area contributed by atoms with Gasteiger partial charge in [0.05, 0.1) is 5.00 Å². The number of aromatic carboxylic acids is 1. The third kappa shape index (κ3) is 4.03. The van der Waals surface area contributed by atoms with Crippen molar-refractivity contribution in [2.24, 2.45) is 0 Å². The van der Waals surface area contributed by atoms with E-state index in [1.54, 1.807) is 19.1 Å². The molecule has 0 fully saturated rings. The van der Waals surface area contributed by atoms with Crippen molar-refractivity contribution in [2.75, 3.05) is 5.32 Å². The third-order valence-corrected chi connectivity index (χ3v) is 4.54. The van der Waals surface area contributed by atoms with E-state index in [9.17, 15) is 9.59 Å². The van der Waals surface area contributed by atoms with Gasteiger partial charge in [-0.05, 0) is 36.3 Å². The van der Waals surface area contributed by atoms with Gasteiger partial charge < -0.3 is 10.4 Å². The highest BCUT2D eigenvalue weighted by Crippen LogP contribution is 2.26. The molecule has 0 atom stereocenters. The molecule has 4 nitrogen and oxygen atoms in total. The van der Waals surface area contributed by atoms with E-state index in [0.717, 1.165) is 21.4 Å². The Balaban J connectivity index is 2.07. The Labute approximate surface area is 134 Å². The van der Waals surface area contributed by atoms with Crippen molar-refractivity contribution < 1.29 is 14.7 Å². The van der Waals surface area contributed by atoms with Crippen LogP contribution in [0, 0.1) is 6.92 Å². The molecule has 0 saturated carbocycles. The minimum atomic E-state index is -0.984. The Kier molecular flexibility index (Phi) is 4.93. The van der Waals surface area contributed by atoms with Crippen LogP contribution in [-0.4, -0.2) is 17.0 Å². The number of carbonyl (C=O) groups excluding carboxylic acids is 1. The van der Waals surface area contributed by atoms with Crippen molar-refractivity contribution in [3.8, 4) is 0 Å². The van der Waals surface area contributed by atoms with Crippen LogP contribution in [0.1, 0.15) is 20.8 Å². The second-order valence-electron chi connectivity index (χ2n) is 4.27. The van der Waals surface area contributed by atoms with Gasteiger partial charge in [-0.1, -0.05) is 34.1 Å². The topological polar surface area (TPSA) is 66.4 Å². The van der Waals surface area contributed by atoms with E-state index < -0.39 is 5.97 Å². The molecule has 0 spiro atoms. The molecule has 1 amide bonds. The summed E-state index contributed by atoms with van der Waals surface area (Å²) in [6.07, 6.45) is 3.10. The molecule has 0 aliphatic rings. The van der Waals surface area contributed by atoms with Crippen molar-refractivity contribution in [3.63, 3.8) is 0 Å². The summed E-state index contributed by atoms with van der Waals surface area (Å²) in [7, 11) is 0. The molecule has 0 saturated heterocycles. The second-order valence-corrected chi connectivity index (χ2v) is 6.18. The van der Waals surface area contributed by atoms with Gasteiger partial charge in [0.1, 0.15) is 4.88 Å². The summed E-state index contributed by atoms with van der Waals surface area (Å²) in [5, 5.41) is 12.2. The maximum Gasteiger partial charge on any atom is 0.346 e. The number of aryl methyl sites for hydroxylation is 1. The number of carboxylic acids is 1. The molecular formula is C15H12BrNO3S. The zero-order valence-corrected chi connectivity index (χ0v) is 13.5. The van der Waals surface area contributed by atoms with Gasteiger partial charge in [-0.25, -0.2) is 4.79 Å². The number of hydrogen-bond donors (Lipinski definition) is 2. The van der Waals surface area contributed by atoms with E-state index in [4.69, 9.17) is 5.11 Å². The SMILES string of the molecule is Cc1cc(NC(=O)/C=C/c2ccccc2Br)sc1C(=O)O. The summed E-state index contributed by atoms with van der Waals surface area (Å²) in [5.41, 5.74) is 1.53. The zero-order chi connectivity index (χ0) is 15.4. The highest BCUT2D eigenvalue weighted by Gasteiger charge is 2.12. The van der Waals surface area contributed by atoms with Crippen LogP contribution >= 0.6 is 27.3 Å². The first-order chi connectivity index (χ1) is 9.97. The molecule has 0 aliphatic carbocycles. The van der Waals surface area contributed by atoms with Gasteiger partial charge in [-0.3, -0.25) is 4.79 Å². The van der Waals surface area contributed by atoms with E-state index in [-0.39, 0.29) is 10.8 Å². The lowest BCUT2D eigenvalue weighted by Gasteiger charge is -1.98. The van der Waals surface area contributed by atoms with Crippen LogP contribution in [0.5, 0.6) is 0 Å². The van der Waals surface area contributed by atoms with Crippen LogP contribution in [0.25, 0.3) is 6.08 Å². The fraction of sp³-hybridized carbons (Fsp3) is 0.0667. The average molecular weight is 366 g/mol. The number of halogens is 1. The highest BCUT2D eigenvalue weighted by atomic mass is 79.9. The summed E-state index contributed by atoms with van der Waals surface area (Å²) >= 11 is 4.44. The fourth-order valence-corrected chi connectivity index (χ4v) is 3.03. The molecule has 0 unspecified atom stereocenters. The van der Waals surface area contributed by atoms with E-state index in [1.807, 2.05) is 24.3 Å². The smallest absolute Gasteiger partial charge is 0.346 e. The Morgan fingerprint density at radius 1 is 1.33 bits per heavy atom. The van der Waals surface area contributed by atoms with Gasteiger partial charge in [0, 0.05) is 10.5 Å². The van der Waals surface area contributed by atoms with Gasteiger partial charge in [-0.15, -0.1) is 11.3 Å². The van der Waals surface area contributed by atoms with Crippen LogP contribution in [0.4, 0.5) is 5.00 Å². The minimum absolute atomic E-state index is 0.236. The number of rotatable bonds is 4. The predicted octanol–water partition coefficient (Wildman–Crippen LogP) is 4.17. The van der Waals surface area contributed by atoms with Gasteiger partial charge in [-0.2, -0.15) is 0 Å². The van der Waals surface area contributed by atoms with E-state index >= 15 is 0 Å². The first-order valence-corrected chi connectivity index (χ1v) is 7.65. The van der Waals surface area contributed by atoms with E-state index in [0.29, 0.717) is 10.6 Å². The first-order valence-electron chi connectivity index (χ1n) is 6.04. The standard InChI is InChI=1S/C15H12BrNO3S/c1-9-8-13(21-14(9)15(19)20)17-12(18)7-6-10-4-2-3-5-11(10)16/h2-8H,1H3,(H,17,18)(H,19,20)/b7-6+. The van der Waals surface area contributed by atoms with Crippen LogP contribution in [0.3, 0.4) is 0 Å². The summed E-state index contributed by atoms with van der Waals surface area (Å²) in [5.74, 6) is -1.29. The van der Waals surface area contributed by atoms with Gasteiger partial charge in [0.2, 0.25) is 5.91 Å². The number of carboxylic acid groups (broad SMARTS) is 1. The fourth-order valence-electron chi connectivity index (χ4n) is 1.69. The normalized spacial score (nSPS) is 10.8. The number of anilines is 1. The molecule has 1 aromatic heterocycles. The summed E-state index contributed by atoms with van der Waals surface area (Å²) in [6, 6.07) is 9.19. The predicted molar refractivity (Wildman–Crippen MR) is 87.8 cm³/mol.